The first-order chi connectivity index (χ1) is 21.1. The number of piperidine rings is 2. The van der Waals surface area contributed by atoms with Crippen molar-refractivity contribution >= 4 is 0 Å². The molecule has 0 radical (unpaired) electrons. The average Bonchev–Trinajstić information content (AvgIpc) is 3.05. The van der Waals surface area contributed by atoms with Crippen LogP contribution in [-0.2, 0) is 115 Å². The van der Waals surface area contributed by atoms with Gasteiger partial charge in [0, 0.05) is 139 Å². The molecular weight excluding hydrogens is 1050 g/mol. The van der Waals surface area contributed by atoms with Crippen LogP contribution >= 0.6 is 0 Å². The summed E-state index contributed by atoms with van der Waals surface area (Å²) in [5, 5.41) is 82.3. The standard InChI is InChI=1S/2C12H22O4.C10H18N2.H2N.7Ni.4H2O/c2*13-11(14)9-3-1-7-5-10(12(15)16)4-2-8(7)6-9;1-5-11-6-2-9(1)10-3-7-12-8-4-10;;;;;;;;;;;;/h2*7-16H,1-6H2;9-10H,1-8H2;1H2;;;;;;;;4*1H2/q;;-2;-1;;;;;;;;;;;. The van der Waals surface area contributed by atoms with Crippen LogP contribution in [0.4, 0.5) is 0 Å². The van der Waals surface area contributed by atoms with E-state index in [1.807, 2.05) is 0 Å². The second kappa shape index (κ2) is 41.8. The van der Waals surface area contributed by atoms with E-state index in [4.69, 9.17) is 0 Å². The molecule has 0 amide bonds. The molecule has 56 heavy (non-hydrogen) atoms. The Balaban J connectivity index is -0.0000000769. The number of aliphatic hydroxyl groups is 8. The van der Waals surface area contributed by atoms with Gasteiger partial charge in [0.2, 0.25) is 0 Å². The predicted octanol–water partition coefficient (Wildman–Crippen LogP) is 0.835. The van der Waals surface area contributed by atoms with Gasteiger partial charge in [0.25, 0.3) is 0 Å². The van der Waals surface area contributed by atoms with E-state index in [0.29, 0.717) is 23.7 Å². The summed E-state index contributed by atoms with van der Waals surface area (Å²) < 4.78 is 0. The predicted molar refractivity (Wildman–Crippen MR) is 188 cm³/mol. The van der Waals surface area contributed by atoms with Crippen LogP contribution in [0, 0.1) is 59.2 Å². The van der Waals surface area contributed by atoms with Gasteiger partial charge >= 0.3 is 0 Å². The van der Waals surface area contributed by atoms with Gasteiger partial charge in [0.05, 0.1) is 0 Å². The van der Waals surface area contributed by atoms with Gasteiger partial charge in [0.15, 0.2) is 25.2 Å². The van der Waals surface area contributed by atoms with E-state index in [2.05, 4.69) is 10.6 Å². The number of nitrogens with two attached hydrogens (primary N) is 1. The molecule has 4 aliphatic carbocycles. The summed E-state index contributed by atoms with van der Waals surface area (Å²) in [4.78, 5) is 0. The van der Waals surface area contributed by atoms with Crippen molar-refractivity contribution in [3.8, 4) is 0 Å². The minimum atomic E-state index is -1.18. The van der Waals surface area contributed by atoms with Crippen molar-refractivity contribution < 1.29 is 178 Å². The third-order valence-electron chi connectivity index (χ3n) is 12.4. The summed E-state index contributed by atoms with van der Waals surface area (Å²) in [5.74, 6) is 4.27. The first-order valence-electron chi connectivity index (χ1n) is 17.8. The number of aliphatic hydroxyl groups excluding tert-OH is 4. The molecule has 0 aromatic heterocycles. The number of rotatable bonds is 5. The van der Waals surface area contributed by atoms with Gasteiger partial charge in [-0.05, 0) is 113 Å². The molecule has 2 heterocycles. The monoisotopic (exact) mass is 1120 g/mol. The maximum Gasteiger partial charge on any atom is 0.154 e. The Morgan fingerprint density at radius 2 is 0.464 bits per heavy atom. The van der Waals surface area contributed by atoms with Crippen molar-refractivity contribution in [3.05, 3.63) is 16.8 Å². The molecule has 6 aliphatic rings. The van der Waals surface area contributed by atoms with E-state index >= 15 is 0 Å². The Labute approximate surface area is 405 Å². The van der Waals surface area contributed by atoms with Gasteiger partial charge in [-0.3, -0.25) is 0 Å². The second-order valence-corrected chi connectivity index (χ2v) is 15.0. The fraction of sp³-hybridized carbons (Fsp3) is 1.00. The maximum atomic E-state index is 9.18. The summed E-state index contributed by atoms with van der Waals surface area (Å²) in [6, 6.07) is 0. The summed E-state index contributed by atoms with van der Waals surface area (Å²) in [5.41, 5.74) is 0. The quantitative estimate of drug-likeness (QED) is 0.144. The van der Waals surface area contributed by atoms with Crippen molar-refractivity contribution in [1.82, 2.24) is 0 Å². The topological polar surface area (TPSA) is 350 Å². The Morgan fingerprint density at radius 3 is 0.625 bits per heavy atom. The van der Waals surface area contributed by atoms with E-state index in [0.717, 1.165) is 115 Å². The van der Waals surface area contributed by atoms with Crippen LogP contribution in [0.1, 0.15) is 103 Å². The van der Waals surface area contributed by atoms with Gasteiger partial charge < -0.3 is 79.5 Å². The first-order valence-corrected chi connectivity index (χ1v) is 17.8. The average molecular weight is 1130 g/mol. The zero-order valence-electron chi connectivity index (χ0n) is 31.5. The molecule has 0 aromatic rings. The molecule has 368 valence electrons. The third kappa shape index (κ3) is 25.8. The molecule has 8 atom stereocenters. The molecule has 0 aromatic carbocycles. The summed E-state index contributed by atoms with van der Waals surface area (Å²) >= 11 is 0. The van der Waals surface area contributed by atoms with Crippen molar-refractivity contribution in [3.63, 3.8) is 0 Å². The minimum absolute atomic E-state index is 0. The van der Waals surface area contributed by atoms with Crippen LogP contribution in [0.3, 0.4) is 0 Å². The van der Waals surface area contributed by atoms with Gasteiger partial charge in [-0.15, -0.1) is 26.2 Å². The van der Waals surface area contributed by atoms with Crippen molar-refractivity contribution in [1.29, 1.82) is 0 Å². The van der Waals surface area contributed by atoms with Crippen LogP contribution in [-0.4, -0.2) is 114 Å². The summed E-state index contributed by atoms with van der Waals surface area (Å²) in [6.07, 6.45) is 11.6. The SMILES string of the molecule is C1CC(C2CC[N-]CC2)CC[N-]1.O.O.O.O.OC(O)C1CCC2CC(C(O)O)CCC2C1.OC(O)C1CCC2CC(C(O)O)CCC2C1.[NH2-].[Ni].[Ni].[Ni].[Ni].[Ni].[Ni].[Ni]. The minimum Gasteiger partial charge on any atom is -0.693 e. The largest absolute Gasteiger partial charge is 0.693 e. The molecule has 0 spiro atoms. The van der Waals surface area contributed by atoms with E-state index in [1.165, 1.54) is 25.7 Å². The van der Waals surface area contributed by atoms with Crippen LogP contribution in [0.15, 0.2) is 0 Å². The van der Waals surface area contributed by atoms with Crippen LogP contribution < -0.4 is 0 Å². The van der Waals surface area contributed by atoms with Crippen LogP contribution in [0.5, 0.6) is 0 Å². The molecule has 6 rings (SSSR count). The molecule has 2 saturated heterocycles. The zero-order valence-corrected chi connectivity index (χ0v) is 38.4. The molecule has 0 bridgehead atoms. The van der Waals surface area contributed by atoms with Crippen molar-refractivity contribution in [2.75, 3.05) is 26.2 Å². The van der Waals surface area contributed by atoms with E-state index < -0.39 is 25.2 Å². The number of hydrogen-bond acceptors (Lipinski definition) is 8. The molecule has 15 nitrogen and oxygen atoms in total. The molecule has 22 heteroatoms. The smallest absolute Gasteiger partial charge is 0.154 e. The fourth-order valence-electron chi connectivity index (χ4n) is 9.49. The van der Waals surface area contributed by atoms with E-state index in [-0.39, 0.29) is 167 Å². The Kier molecular flexibility index (Phi) is 59.2. The molecule has 8 unspecified atom stereocenters. The summed E-state index contributed by atoms with van der Waals surface area (Å²) in [7, 11) is 0. The molecular formula is C34H72N3Ni7O12-3. The Morgan fingerprint density at radius 1 is 0.286 bits per heavy atom. The van der Waals surface area contributed by atoms with Crippen molar-refractivity contribution in [2.24, 2.45) is 59.2 Å². The van der Waals surface area contributed by atoms with Crippen molar-refractivity contribution in [2.45, 2.75) is 128 Å². The van der Waals surface area contributed by atoms with Gasteiger partial charge in [0.1, 0.15) is 0 Å². The number of nitrogens with zero attached hydrogens (tertiary/aromatic N) is 2. The fourth-order valence-corrected chi connectivity index (χ4v) is 9.49. The van der Waals surface area contributed by atoms with Gasteiger partial charge in [-0.2, -0.15) is 0 Å². The molecule has 6 fully saturated rings. The van der Waals surface area contributed by atoms with Crippen LogP contribution in [0.2, 0.25) is 0 Å². The zero-order chi connectivity index (χ0) is 31.6. The second-order valence-electron chi connectivity index (χ2n) is 15.0. The number of hydrogen-bond donors (Lipinski definition) is 8. The molecule has 18 N–H and O–H groups in total. The van der Waals surface area contributed by atoms with E-state index in [1.54, 1.807) is 0 Å². The summed E-state index contributed by atoms with van der Waals surface area (Å²) in [6.45, 7) is 4.49. The first kappa shape index (κ1) is 79.3. The number of fused-ring (bicyclic) bond motifs is 2. The maximum absolute atomic E-state index is 9.18. The molecule has 2 aliphatic heterocycles. The molecule has 4 saturated carbocycles. The van der Waals surface area contributed by atoms with Crippen LogP contribution in [0.25, 0.3) is 16.8 Å². The Bertz CT molecular complexity index is 721. The Hall–Kier alpha value is 2.85. The third-order valence-corrected chi connectivity index (χ3v) is 12.4. The van der Waals surface area contributed by atoms with Gasteiger partial charge in [-0.1, -0.05) is 25.7 Å². The van der Waals surface area contributed by atoms with Gasteiger partial charge in [-0.25, -0.2) is 0 Å². The normalized spacial score (nSPS) is 29.1. The van der Waals surface area contributed by atoms with E-state index in [9.17, 15) is 40.9 Å².